The van der Waals surface area contributed by atoms with Gasteiger partial charge >= 0.3 is 0 Å². The van der Waals surface area contributed by atoms with Crippen molar-refractivity contribution in [1.82, 2.24) is 24.9 Å². The Kier molecular flexibility index (Phi) is 5.21. The number of carbonyl (C=O) groups is 1. The van der Waals surface area contributed by atoms with Crippen molar-refractivity contribution in [3.8, 4) is 11.4 Å². The van der Waals surface area contributed by atoms with Gasteiger partial charge in [-0.3, -0.25) is 9.59 Å². The van der Waals surface area contributed by atoms with E-state index in [-0.39, 0.29) is 17.9 Å². The molecule has 4 rings (SSSR count). The van der Waals surface area contributed by atoms with Crippen molar-refractivity contribution in [3.05, 3.63) is 106 Å². The second kappa shape index (κ2) is 8.12. The number of carbonyl (C=O) groups excluding carboxylic acids is 1. The van der Waals surface area contributed by atoms with Gasteiger partial charge in [-0.1, -0.05) is 30.3 Å². The number of halogens is 1. The lowest BCUT2D eigenvalue weighted by molar-refractivity contribution is 0.0943. The van der Waals surface area contributed by atoms with Crippen LogP contribution in [0.15, 0.2) is 77.9 Å². The summed E-state index contributed by atoms with van der Waals surface area (Å²) in [6.45, 7) is 1.80. The molecule has 2 heterocycles. The van der Waals surface area contributed by atoms with Crippen molar-refractivity contribution in [3.63, 3.8) is 0 Å². The van der Waals surface area contributed by atoms with E-state index in [0.717, 1.165) is 11.3 Å². The zero-order chi connectivity index (χ0) is 21.1. The highest BCUT2D eigenvalue weighted by Crippen LogP contribution is 2.14. The van der Waals surface area contributed by atoms with Crippen molar-refractivity contribution < 1.29 is 9.18 Å². The molecule has 0 radical (unpaired) electrons. The van der Waals surface area contributed by atoms with Crippen LogP contribution in [0.25, 0.3) is 11.4 Å². The minimum absolute atomic E-state index is 0.160. The minimum Gasteiger partial charge on any atom is -0.346 e. The molecule has 0 spiro atoms. The van der Waals surface area contributed by atoms with Crippen LogP contribution in [0.2, 0.25) is 0 Å². The summed E-state index contributed by atoms with van der Waals surface area (Å²) >= 11 is 0. The standard InChI is InChI=1S/C22H18FN5O2/c1-15-13-20(29)21(26-28(15)19-10-5-3-8-17(19)23)22(30)24-14-16-7-2-4-9-18(16)27-12-6-11-25-27/h2-13H,14H2,1H3,(H,24,30). The van der Waals surface area contributed by atoms with Gasteiger partial charge in [0.2, 0.25) is 5.43 Å². The molecule has 150 valence electrons. The first-order valence-electron chi connectivity index (χ1n) is 9.26. The first-order chi connectivity index (χ1) is 14.5. The highest BCUT2D eigenvalue weighted by Gasteiger charge is 2.17. The summed E-state index contributed by atoms with van der Waals surface area (Å²) < 4.78 is 17.1. The fourth-order valence-corrected chi connectivity index (χ4v) is 3.13. The molecular weight excluding hydrogens is 385 g/mol. The molecule has 4 aromatic rings. The van der Waals surface area contributed by atoms with Crippen LogP contribution in [0.3, 0.4) is 0 Å². The number of benzene rings is 2. The summed E-state index contributed by atoms with van der Waals surface area (Å²) in [6.07, 6.45) is 3.46. The van der Waals surface area contributed by atoms with E-state index in [9.17, 15) is 14.0 Å². The lowest BCUT2D eigenvalue weighted by Gasteiger charge is -2.13. The number of hydrogen-bond acceptors (Lipinski definition) is 4. The normalized spacial score (nSPS) is 10.7. The third-order valence-corrected chi connectivity index (χ3v) is 4.59. The maximum atomic E-state index is 14.2. The van der Waals surface area contributed by atoms with Gasteiger partial charge in [0.15, 0.2) is 5.69 Å². The Balaban J connectivity index is 1.62. The van der Waals surface area contributed by atoms with Crippen molar-refractivity contribution in [1.29, 1.82) is 0 Å². The molecule has 0 aliphatic rings. The van der Waals surface area contributed by atoms with Gasteiger partial charge in [0, 0.05) is 30.7 Å². The van der Waals surface area contributed by atoms with Gasteiger partial charge in [0.1, 0.15) is 11.5 Å². The Hall–Kier alpha value is -4.07. The molecule has 1 amide bonds. The lowest BCUT2D eigenvalue weighted by atomic mass is 10.1. The van der Waals surface area contributed by atoms with E-state index in [1.54, 1.807) is 42.2 Å². The number of nitrogens with one attached hydrogen (secondary N) is 1. The molecule has 2 aromatic carbocycles. The van der Waals surface area contributed by atoms with E-state index in [4.69, 9.17) is 0 Å². The first kappa shape index (κ1) is 19.3. The van der Waals surface area contributed by atoms with Gasteiger partial charge < -0.3 is 5.32 Å². The van der Waals surface area contributed by atoms with Crippen LogP contribution in [0.4, 0.5) is 4.39 Å². The molecule has 1 N–H and O–H groups in total. The van der Waals surface area contributed by atoms with Crippen LogP contribution in [0, 0.1) is 12.7 Å². The minimum atomic E-state index is -0.639. The molecule has 30 heavy (non-hydrogen) atoms. The SMILES string of the molecule is Cc1cc(=O)c(C(=O)NCc2ccccc2-n2cccn2)nn1-c1ccccc1F. The monoisotopic (exact) mass is 403 g/mol. The Morgan fingerprint density at radius 1 is 1.07 bits per heavy atom. The highest BCUT2D eigenvalue weighted by atomic mass is 19.1. The number of amides is 1. The molecule has 0 unspecified atom stereocenters. The first-order valence-corrected chi connectivity index (χ1v) is 9.26. The van der Waals surface area contributed by atoms with Gasteiger partial charge in [-0.25, -0.2) is 13.8 Å². The summed E-state index contributed by atoms with van der Waals surface area (Å²) in [4.78, 5) is 25.1. The smallest absolute Gasteiger partial charge is 0.276 e. The van der Waals surface area contributed by atoms with E-state index in [1.165, 1.54) is 22.9 Å². The second-order valence-electron chi connectivity index (χ2n) is 6.62. The number of aromatic nitrogens is 4. The number of hydrogen-bond donors (Lipinski definition) is 1. The van der Waals surface area contributed by atoms with Gasteiger partial charge in [-0.15, -0.1) is 0 Å². The molecule has 8 heteroatoms. The van der Waals surface area contributed by atoms with E-state index >= 15 is 0 Å². The summed E-state index contributed by atoms with van der Waals surface area (Å²) in [5, 5.41) is 11.1. The van der Waals surface area contributed by atoms with E-state index in [1.807, 2.05) is 24.3 Å². The highest BCUT2D eigenvalue weighted by molar-refractivity contribution is 5.92. The Labute approximate surface area is 171 Å². The Morgan fingerprint density at radius 3 is 2.53 bits per heavy atom. The van der Waals surface area contributed by atoms with Crippen LogP contribution >= 0.6 is 0 Å². The lowest BCUT2D eigenvalue weighted by Crippen LogP contribution is -2.32. The maximum absolute atomic E-state index is 14.2. The fraction of sp³-hybridized carbons (Fsp3) is 0.0909. The van der Waals surface area contributed by atoms with Crippen LogP contribution < -0.4 is 10.7 Å². The van der Waals surface area contributed by atoms with Crippen molar-refractivity contribution in [2.45, 2.75) is 13.5 Å². The number of aryl methyl sites for hydroxylation is 1. The zero-order valence-electron chi connectivity index (χ0n) is 16.1. The predicted octanol–water partition coefficient (Wildman–Crippen LogP) is 2.80. The molecular formula is C22H18FN5O2. The number of rotatable bonds is 5. The largest absolute Gasteiger partial charge is 0.346 e. The molecule has 0 bridgehead atoms. The average Bonchev–Trinajstić information content (AvgIpc) is 3.28. The third kappa shape index (κ3) is 3.75. The molecule has 0 saturated heterocycles. The summed E-state index contributed by atoms with van der Waals surface area (Å²) in [6, 6.07) is 16.6. The van der Waals surface area contributed by atoms with Gasteiger partial charge in [0.05, 0.1) is 5.69 Å². The van der Waals surface area contributed by atoms with Crippen LogP contribution in [0.5, 0.6) is 0 Å². The summed E-state index contributed by atoms with van der Waals surface area (Å²) in [7, 11) is 0. The van der Waals surface area contributed by atoms with Gasteiger partial charge in [0.25, 0.3) is 5.91 Å². The average molecular weight is 403 g/mol. The molecule has 7 nitrogen and oxygen atoms in total. The molecule has 0 fully saturated rings. The second-order valence-corrected chi connectivity index (χ2v) is 6.62. The van der Waals surface area contributed by atoms with Gasteiger partial charge in [-0.05, 0) is 36.8 Å². The topological polar surface area (TPSA) is 81.8 Å². The fourth-order valence-electron chi connectivity index (χ4n) is 3.13. The van der Waals surface area contributed by atoms with Gasteiger partial charge in [-0.2, -0.15) is 10.2 Å². The molecule has 0 aliphatic carbocycles. The molecule has 0 atom stereocenters. The summed E-state index contributed by atoms with van der Waals surface area (Å²) in [5.41, 5.74) is 1.37. The quantitative estimate of drug-likeness (QED) is 0.556. The third-order valence-electron chi connectivity index (χ3n) is 4.59. The number of nitrogens with zero attached hydrogens (tertiary/aromatic N) is 4. The van der Waals surface area contributed by atoms with E-state index in [0.29, 0.717) is 5.69 Å². The van der Waals surface area contributed by atoms with Crippen molar-refractivity contribution >= 4 is 5.91 Å². The van der Waals surface area contributed by atoms with Crippen molar-refractivity contribution in [2.24, 2.45) is 0 Å². The predicted molar refractivity (Wildman–Crippen MR) is 109 cm³/mol. The molecule has 0 saturated carbocycles. The molecule has 2 aromatic heterocycles. The van der Waals surface area contributed by atoms with E-state index < -0.39 is 17.2 Å². The van der Waals surface area contributed by atoms with E-state index in [2.05, 4.69) is 15.5 Å². The van der Waals surface area contributed by atoms with Crippen LogP contribution in [0.1, 0.15) is 21.7 Å². The van der Waals surface area contributed by atoms with Crippen LogP contribution in [-0.4, -0.2) is 25.5 Å². The maximum Gasteiger partial charge on any atom is 0.276 e. The Morgan fingerprint density at radius 2 is 1.80 bits per heavy atom. The molecule has 0 aliphatic heterocycles. The Bertz CT molecular complexity index is 1260. The summed E-state index contributed by atoms with van der Waals surface area (Å²) in [5.74, 6) is -1.14. The zero-order valence-corrected chi connectivity index (χ0v) is 16.1. The number of para-hydroxylation sites is 2. The van der Waals surface area contributed by atoms with Crippen LogP contribution in [-0.2, 0) is 6.54 Å². The van der Waals surface area contributed by atoms with Crippen molar-refractivity contribution in [2.75, 3.05) is 0 Å².